The number of ketones is 1. The molecule has 12 atom stereocenters. The molecule has 3 aromatic rings. The van der Waals surface area contributed by atoms with Crippen molar-refractivity contribution in [3.63, 3.8) is 0 Å². The fourth-order valence-electron chi connectivity index (χ4n) is 9.18. The van der Waals surface area contributed by atoms with Crippen LogP contribution in [-0.2, 0) is 39.8 Å². The largest absolute Gasteiger partial charge is 0.455 e. The molecule has 338 valence electrons. The number of unbranched alkanes of at least 4 members (excludes halogenated alkanes) is 1. The lowest BCUT2D eigenvalue weighted by Crippen LogP contribution is -2.61. The van der Waals surface area contributed by atoms with E-state index in [1.54, 1.807) is 41.7 Å². The van der Waals surface area contributed by atoms with Gasteiger partial charge in [0.15, 0.2) is 17.7 Å². The summed E-state index contributed by atoms with van der Waals surface area (Å²) in [6.45, 7) is 13.3. The highest BCUT2D eigenvalue weighted by Crippen LogP contribution is 2.40. The number of carbonyl (C=O) groups is 3. The number of rotatable bonds is 11. The fourth-order valence-corrected chi connectivity index (χ4v) is 10.1. The third kappa shape index (κ3) is 9.95. The van der Waals surface area contributed by atoms with Crippen LogP contribution in [-0.4, -0.2) is 153 Å². The number of alkyl halides is 1. The molecule has 3 fully saturated rings. The molecule has 3 aliphatic rings. The van der Waals surface area contributed by atoms with Crippen LogP contribution in [0.5, 0.6) is 0 Å². The van der Waals surface area contributed by atoms with E-state index in [0.717, 1.165) is 22.1 Å². The normalized spacial score (nSPS) is 35.8. The van der Waals surface area contributed by atoms with Crippen molar-refractivity contribution in [2.45, 2.75) is 159 Å². The number of hydrogen-bond acceptors (Lipinski definition) is 15. The predicted molar refractivity (Wildman–Crippen MR) is 227 cm³/mol. The van der Waals surface area contributed by atoms with E-state index >= 15 is 4.39 Å². The highest BCUT2D eigenvalue weighted by atomic mass is 32.1. The number of fused-ring (bicyclic) bond motifs is 2. The fraction of sp³-hybridized carbons (Fsp3) is 0.721. The zero-order chi connectivity index (χ0) is 44.4. The molecule has 0 saturated carbocycles. The van der Waals surface area contributed by atoms with Gasteiger partial charge >= 0.3 is 12.1 Å². The maximum absolute atomic E-state index is 16.7. The molecular formula is C43H64FN7O9S. The molecule has 3 aliphatic heterocycles. The number of benzene rings is 1. The Balaban J connectivity index is 1.21. The van der Waals surface area contributed by atoms with E-state index in [1.807, 2.05) is 70.2 Å². The molecule has 3 saturated heterocycles. The standard InChI is InChI=1S/C43H64FN7O9S/c1-11-33-43(7)36(51(40(55)60-43)19-15-14-18-50-24-29(47-48-50)37-46-28-16-12-13-17-31(28)61-37)27(4)45-23-25(2)22-41(5,56-10)34(21-32(52)42(6,44)39(54)59-33)58-38-35(53)30(49(8)9)20-26(3)57-38/h12-13,16-17,24-27,30,33-36,38,45,53H,11,14-15,18-23H2,1-10H3/t25-,26-,27-,30?,33-,34-,35?,36-,38+,41-,42?,43-/m1/s1. The first kappa shape index (κ1) is 46.8. The Morgan fingerprint density at radius 1 is 1.10 bits per heavy atom. The lowest BCUT2D eigenvalue weighted by molar-refractivity contribution is -0.289. The van der Waals surface area contributed by atoms with Gasteiger partial charge in [-0.25, -0.2) is 19.0 Å². The number of hydrogen-bond donors (Lipinski definition) is 2. The second-order valence-electron chi connectivity index (χ2n) is 17.9. The Labute approximate surface area is 361 Å². The average Bonchev–Trinajstić information content (AvgIpc) is 3.93. The first-order chi connectivity index (χ1) is 28.8. The number of para-hydroxylation sites is 1. The van der Waals surface area contributed by atoms with Crippen molar-refractivity contribution < 1.29 is 47.6 Å². The smallest absolute Gasteiger partial charge is 0.410 e. The second kappa shape index (κ2) is 19.0. The number of methoxy groups -OCH3 is 1. The summed E-state index contributed by atoms with van der Waals surface area (Å²) >= 11 is 1.56. The molecular weight excluding hydrogens is 810 g/mol. The number of halogens is 1. The molecule has 0 aliphatic carbocycles. The van der Waals surface area contributed by atoms with Crippen LogP contribution in [0.1, 0.15) is 87.0 Å². The van der Waals surface area contributed by atoms with E-state index in [4.69, 9.17) is 23.7 Å². The van der Waals surface area contributed by atoms with Gasteiger partial charge in [0.05, 0.1) is 40.3 Å². The summed E-state index contributed by atoms with van der Waals surface area (Å²) in [6, 6.07) is 6.58. The lowest BCUT2D eigenvalue weighted by atomic mass is 9.83. The number of carbonyl (C=O) groups excluding carboxylic acids is 3. The summed E-state index contributed by atoms with van der Waals surface area (Å²) in [7, 11) is 5.20. The van der Waals surface area contributed by atoms with Gasteiger partial charge in [-0.1, -0.05) is 31.2 Å². The van der Waals surface area contributed by atoms with E-state index in [9.17, 15) is 19.5 Å². The Morgan fingerprint density at radius 2 is 1.82 bits per heavy atom. The van der Waals surface area contributed by atoms with Gasteiger partial charge in [0, 0.05) is 38.7 Å². The summed E-state index contributed by atoms with van der Waals surface area (Å²) in [5.74, 6) is -2.58. The summed E-state index contributed by atoms with van der Waals surface area (Å²) in [5, 5.41) is 24.4. The molecule has 3 unspecified atom stereocenters. The van der Waals surface area contributed by atoms with E-state index in [-0.39, 0.29) is 24.5 Å². The van der Waals surface area contributed by atoms with Crippen LogP contribution >= 0.6 is 11.3 Å². The molecule has 16 nitrogen and oxygen atoms in total. The highest BCUT2D eigenvalue weighted by Gasteiger charge is 2.59. The first-order valence-electron chi connectivity index (χ1n) is 21.4. The molecule has 0 spiro atoms. The zero-order valence-corrected chi connectivity index (χ0v) is 37.9. The molecule has 61 heavy (non-hydrogen) atoms. The number of aliphatic hydroxyl groups excluding tert-OH is 1. The van der Waals surface area contributed by atoms with E-state index < -0.39 is 77.8 Å². The van der Waals surface area contributed by atoms with Gasteiger partial charge in [-0.3, -0.25) is 14.4 Å². The van der Waals surface area contributed by atoms with Crippen molar-refractivity contribution >= 4 is 39.4 Å². The number of ether oxygens (including phenoxy) is 5. The van der Waals surface area contributed by atoms with Crippen LogP contribution < -0.4 is 5.32 Å². The quantitative estimate of drug-likeness (QED) is 0.147. The van der Waals surface area contributed by atoms with Crippen molar-refractivity contribution in [3.05, 3.63) is 30.5 Å². The monoisotopic (exact) mass is 873 g/mol. The Bertz CT molecular complexity index is 1970. The minimum Gasteiger partial charge on any atom is -0.455 e. The number of Topliss-reactive ketones (excluding diaryl/α,β-unsaturated/α-hetero) is 1. The van der Waals surface area contributed by atoms with E-state index in [2.05, 4.69) is 20.6 Å². The molecule has 1 amide bonds. The third-order valence-electron chi connectivity index (χ3n) is 12.8. The summed E-state index contributed by atoms with van der Waals surface area (Å²) < 4.78 is 50.2. The number of cyclic esters (lactones) is 1. The molecule has 1 aromatic carbocycles. The zero-order valence-electron chi connectivity index (χ0n) is 37.1. The number of thiazole rings is 1. The predicted octanol–water partition coefficient (Wildman–Crippen LogP) is 5.16. The Hall–Kier alpha value is -3.65. The van der Waals surface area contributed by atoms with Crippen LogP contribution in [0.25, 0.3) is 20.9 Å². The van der Waals surface area contributed by atoms with Crippen LogP contribution in [0.15, 0.2) is 30.5 Å². The number of esters is 1. The summed E-state index contributed by atoms with van der Waals surface area (Å²) in [5.41, 5.74) is -4.11. The maximum Gasteiger partial charge on any atom is 0.410 e. The van der Waals surface area contributed by atoms with Crippen LogP contribution in [0.4, 0.5) is 9.18 Å². The second-order valence-corrected chi connectivity index (χ2v) is 18.9. The Kier molecular flexibility index (Phi) is 14.6. The van der Waals surface area contributed by atoms with Crippen molar-refractivity contribution in [1.82, 2.24) is 35.1 Å². The molecule has 18 heteroatoms. The Morgan fingerprint density at radius 3 is 2.51 bits per heavy atom. The first-order valence-corrected chi connectivity index (χ1v) is 22.3. The van der Waals surface area contributed by atoms with Crippen molar-refractivity contribution in [2.24, 2.45) is 5.92 Å². The number of aryl methyl sites for hydroxylation is 1. The van der Waals surface area contributed by atoms with Gasteiger partial charge in [0.1, 0.15) is 22.9 Å². The van der Waals surface area contributed by atoms with Gasteiger partial charge in [0.25, 0.3) is 5.67 Å². The SMILES string of the molecule is CC[C@H]1OC(=O)C(C)(F)C(=O)C[C@@H](O[C@@H]2O[C@H](C)CC(N(C)C)C2O)[C@](C)(OC)C[C@@H](C)CN[C@H](C)[C@H]2N(CCCCn3cc(-c4nc5ccccc5s4)nn3)C(=O)O[C@]12C. The van der Waals surface area contributed by atoms with Crippen LogP contribution in [0, 0.1) is 5.92 Å². The third-order valence-corrected chi connectivity index (χ3v) is 13.9. The molecule has 0 radical (unpaired) electrons. The number of nitrogens with zero attached hydrogens (tertiary/aromatic N) is 6. The average molecular weight is 874 g/mol. The van der Waals surface area contributed by atoms with E-state index in [1.165, 1.54) is 7.11 Å². The number of aliphatic hydroxyl groups is 1. The van der Waals surface area contributed by atoms with Gasteiger partial charge in [-0.15, -0.1) is 16.4 Å². The number of amides is 1. The van der Waals surface area contributed by atoms with Gasteiger partial charge in [0.2, 0.25) is 0 Å². The number of likely N-dealkylation sites (N-methyl/N-ethyl adjacent to an activating group) is 1. The van der Waals surface area contributed by atoms with Crippen LogP contribution in [0.2, 0.25) is 0 Å². The van der Waals surface area contributed by atoms with Crippen molar-refractivity contribution in [3.8, 4) is 10.7 Å². The lowest BCUT2D eigenvalue weighted by Gasteiger charge is -2.45. The minimum atomic E-state index is -3.10. The van der Waals surface area contributed by atoms with E-state index in [0.29, 0.717) is 51.0 Å². The molecule has 2 N–H and O–H groups in total. The minimum absolute atomic E-state index is 0.103. The maximum atomic E-state index is 16.7. The molecule has 0 bridgehead atoms. The number of aromatic nitrogens is 4. The number of nitrogens with one attached hydrogen (secondary N) is 1. The molecule has 5 heterocycles. The van der Waals surface area contributed by atoms with Crippen molar-refractivity contribution in [2.75, 3.05) is 34.3 Å². The van der Waals surface area contributed by atoms with Crippen LogP contribution in [0.3, 0.4) is 0 Å². The van der Waals surface area contributed by atoms with Crippen molar-refractivity contribution in [1.29, 1.82) is 0 Å². The molecule has 6 rings (SSSR count). The molecule has 2 aromatic heterocycles. The topological polar surface area (TPSA) is 180 Å². The summed E-state index contributed by atoms with van der Waals surface area (Å²) in [6.07, 6.45) is -1.70. The highest BCUT2D eigenvalue weighted by molar-refractivity contribution is 7.21. The van der Waals surface area contributed by atoms with Gasteiger partial charge in [-0.2, -0.15) is 0 Å². The summed E-state index contributed by atoms with van der Waals surface area (Å²) in [4.78, 5) is 49.9. The van der Waals surface area contributed by atoms with Gasteiger partial charge < -0.3 is 39.0 Å². The van der Waals surface area contributed by atoms with Gasteiger partial charge in [-0.05, 0) is 105 Å².